The van der Waals surface area contributed by atoms with Crippen LogP contribution in [-0.4, -0.2) is 67.8 Å². The first-order valence-corrected chi connectivity index (χ1v) is 11.5. The minimum absolute atomic E-state index is 0.281. The predicted molar refractivity (Wildman–Crippen MR) is 120 cm³/mol. The number of hydrogen-bond donors (Lipinski definition) is 0. The van der Waals surface area contributed by atoms with Gasteiger partial charge in [-0.2, -0.15) is 0 Å². The molecule has 194 valence electrons. The van der Waals surface area contributed by atoms with Crippen LogP contribution < -0.4 is 0 Å². The molecule has 0 radical (unpaired) electrons. The van der Waals surface area contributed by atoms with Crippen LogP contribution in [0.4, 0.5) is 0 Å². The molecular formula is C24H38O10. The van der Waals surface area contributed by atoms with Crippen LogP contribution in [0.1, 0.15) is 67.7 Å². The molecule has 1 fully saturated rings. The molecule has 1 saturated heterocycles. The van der Waals surface area contributed by atoms with E-state index in [1.54, 1.807) is 0 Å². The first-order valence-electron chi connectivity index (χ1n) is 11.5. The van der Waals surface area contributed by atoms with E-state index in [9.17, 15) is 19.2 Å². The van der Waals surface area contributed by atoms with Crippen molar-refractivity contribution in [2.75, 3.05) is 13.2 Å². The lowest BCUT2D eigenvalue weighted by atomic mass is 9.98. The monoisotopic (exact) mass is 486 g/mol. The van der Waals surface area contributed by atoms with Gasteiger partial charge in [0.2, 0.25) is 0 Å². The topological polar surface area (TPSA) is 124 Å². The largest absolute Gasteiger partial charge is 0.463 e. The van der Waals surface area contributed by atoms with Crippen molar-refractivity contribution < 1.29 is 47.6 Å². The average molecular weight is 487 g/mol. The molecule has 0 saturated carbocycles. The van der Waals surface area contributed by atoms with Crippen molar-refractivity contribution in [2.24, 2.45) is 5.92 Å². The molecule has 10 nitrogen and oxygen atoms in total. The molecular weight excluding hydrogens is 448 g/mol. The van der Waals surface area contributed by atoms with Crippen LogP contribution >= 0.6 is 0 Å². The molecule has 10 heteroatoms. The lowest BCUT2D eigenvalue weighted by Crippen LogP contribution is -2.63. The Morgan fingerprint density at radius 1 is 0.794 bits per heavy atom. The van der Waals surface area contributed by atoms with Gasteiger partial charge in [-0.15, -0.1) is 0 Å². The van der Waals surface area contributed by atoms with E-state index >= 15 is 0 Å². The highest BCUT2D eigenvalue weighted by atomic mass is 16.7. The summed E-state index contributed by atoms with van der Waals surface area (Å²) >= 11 is 0. The molecule has 0 aliphatic carbocycles. The molecule has 0 aromatic rings. The summed E-state index contributed by atoms with van der Waals surface area (Å²) in [7, 11) is 0. The molecule has 1 heterocycles. The van der Waals surface area contributed by atoms with Crippen LogP contribution in [0.5, 0.6) is 0 Å². The lowest BCUT2D eigenvalue weighted by molar-refractivity contribution is -0.308. The van der Waals surface area contributed by atoms with Gasteiger partial charge in [-0.05, 0) is 39.0 Å². The third-order valence-electron chi connectivity index (χ3n) is 5.05. The summed E-state index contributed by atoms with van der Waals surface area (Å²) in [6.45, 7) is 11.0. The van der Waals surface area contributed by atoms with E-state index in [4.69, 9.17) is 28.4 Å². The molecule has 0 aromatic heterocycles. The fourth-order valence-corrected chi connectivity index (χ4v) is 3.51. The molecule has 0 aromatic carbocycles. The Bertz CT molecular complexity index is 727. The van der Waals surface area contributed by atoms with Crippen molar-refractivity contribution in [1.82, 2.24) is 0 Å². The van der Waals surface area contributed by atoms with E-state index in [1.807, 2.05) is 0 Å². The van der Waals surface area contributed by atoms with Crippen LogP contribution in [0.3, 0.4) is 0 Å². The minimum atomic E-state index is -1.22. The second-order valence-corrected chi connectivity index (χ2v) is 8.69. The predicted octanol–water partition coefficient (Wildman–Crippen LogP) is 2.86. The van der Waals surface area contributed by atoms with Crippen molar-refractivity contribution in [2.45, 2.75) is 98.4 Å². The van der Waals surface area contributed by atoms with Crippen LogP contribution in [0.2, 0.25) is 0 Å². The van der Waals surface area contributed by atoms with Crippen molar-refractivity contribution in [3.05, 3.63) is 11.6 Å². The SMILES string of the molecule is CC(=O)OC[C@H]1O[C@@H](OCCC(C)CCC=C(C)C)[C@H](OC(C)=O)[C@@H](OC(C)=O)[C@@H]1OC(C)=O. The Balaban J connectivity index is 3.06. The lowest BCUT2D eigenvalue weighted by Gasteiger charge is -2.44. The normalized spacial score (nSPS) is 25.0. The number of allylic oxidation sites excluding steroid dienone is 2. The second kappa shape index (κ2) is 14.7. The van der Waals surface area contributed by atoms with E-state index in [2.05, 4.69) is 26.8 Å². The van der Waals surface area contributed by atoms with E-state index in [0.29, 0.717) is 12.3 Å². The summed E-state index contributed by atoms with van der Waals surface area (Å²) in [5.74, 6) is -2.22. The maximum atomic E-state index is 11.8. The summed E-state index contributed by atoms with van der Waals surface area (Å²) in [5.41, 5.74) is 1.26. The third-order valence-corrected chi connectivity index (χ3v) is 5.05. The van der Waals surface area contributed by atoms with Crippen LogP contribution in [0.15, 0.2) is 11.6 Å². The summed E-state index contributed by atoms with van der Waals surface area (Å²) in [6, 6.07) is 0. The molecule has 34 heavy (non-hydrogen) atoms. The molecule has 1 aliphatic heterocycles. The first kappa shape index (κ1) is 29.6. The maximum Gasteiger partial charge on any atom is 0.303 e. The van der Waals surface area contributed by atoms with Crippen LogP contribution in [-0.2, 0) is 47.6 Å². The summed E-state index contributed by atoms with van der Waals surface area (Å²) in [5, 5.41) is 0. The van der Waals surface area contributed by atoms with Crippen LogP contribution in [0.25, 0.3) is 0 Å². The Morgan fingerprint density at radius 2 is 1.35 bits per heavy atom. The fourth-order valence-electron chi connectivity index (χ4n) is 3.51. The molecule has 0 bridgehead atoms. The zero-order valence-corrected chi connectivity index (χ0v) is 21.2. The molecule has 1 rings (SSSR count). The van der Waals surface area contributed by atoms with Gasteiger partial charge in [0.15, 0.2) is 24.6 Å². The van der Waals surface area contributed by atoms with Crippen molar-refractivity contribution in [3.8, 4) is 0 Å². The molecule has 0 amide bonds. The van der Waals surface area contributed by atoms with Gasteiger partial charge < -0.3 is 28.4 Å². The summed E-state index contributed by atoms with van der Waals surface area (Å²) in [4.78, 5) is 46.8. The van der Waals surface area contributed by atoms with Crippen molar-refractivity contribution in [1.29, 1.82) is 0 Å². The molecule has 6 atom stereocenters. The highest BCUT2D eigenvalue weighted by molar-refractivity contribution is 5.68. The van der Waals surface area contributed by atoms with Gasteiger partial charge >= 0.3 is 23.9 Å². The standard InChI is InChI=1S/C24H38O10/c1-14(2)9-8-10-15(3)11-12-29-24-23(33-19(7)28)22(32-18(6)27)21(31-17(5)26)20(34-24)13-30-16(4)25/h9,15,20-24H,8,10-13H2,1-7H3/t15?,20-,21-,22+,23-,24-/m1/s1. The Labute approximate surface area is 201 Å². The molecule has 0 spiro atoms. The third kappa shape index (κ3) is 11.1. The van der Waals surface area contributed by atoms with E-state index in [-0.39, 0.29) is 13.2 Å². The Hall–Kier alpha value is -2.46. The number of carbonyl (C=O) groups is 4. The van der Waals surface area contributed by atoms with Gasteiger partial charge in [0.1, 0.15) is 12.7 Å². The average Bonchev–Trinajstić information content (AvgIpc) is 2.69. The van der Waals surface area contributed by atoms with Crippen LogP contribution in [0, 0.1) is 5.92 Å². The van der Waals surface area contributed by atoms with Gasteiger partial charge in [0.05, 0.1) is 6.61 Å². The highest BCUT2D eigenvalue weighted by Crippen LogP contribution is 2.30. The van der Waals surface area contributed by atoms with Crippen molar-refractivity contribution in [3.63, 3.8) is 0 Å². The Kier molecular flexibility index (Phi) is 12.8. The highest BCUT2D eigenvalue weighted by Gasteiger charge is 2.52. The number of carbonyl (C=O) groups excluding carboxylic acids is 4. The van der Waals surface area contributed by atoms with E-state index < -0.39 is 54.6 Å². The summed E-state index contributed by atoms with van der Waals surface area (Å²) < 4.78 is 33.0. The smallest absolute Gasteiger partial charge is 0.303 e. The maximum absolute atomic E-state index is 11.8. The molecule has 1 aliphatic rings. The van der Waals surface area contributed by atoms with Gasteiger partial charge in [0, 0.05) is 27.7 Å². The number of esters is 4. The van der Waals surface area contributed by atoms with Gasteiger partial charge in [-0.3, -0.25) is 19.2 Å². The summed E-state index contributed by atoms with van der Waals surface area (Å²) in [6.07, 6.45) is -0.918. The van der Waals surface area contributed by atoms with Crippen molar-refractivity contribution >= 4 is 23.9 Å². The number of ether oxygens (including phenoxy) is 6. The molecule has 0 N–H and O–H groups in total. The molecule has 1 unspecified atom stereocenters. The first-order chi connectivity index (χ1) is 15.9. The fraction of sp³-hybridized carbons (Fsp3) is 0.750. The zero-order chi connectivity index (χ0) is 25.8. The van der Waals surface area contributed by atoms with E-state index in [0.717, 1.165) is 12.8 Å². The van der Waals surface area contributed by atoms with Gasteiger partial charge in [-0.1, -0.05) is 18.6 Å². The number of rotatable bonds is 12. The van der Waals surface area contributed by atoms with Gasteiger partial charge in [-0.25, -0.2) is 0 Å². The Morgan fingerprint density at radius 3 is 1.88 bits per heavy atom. The second-order valence-electron chi connectivity index (χ2n) is 8.69. The quantitative estimate of drug-likeness (QED) is 0.231. The number of hydrogen-bond acceptors (Lipinski definition) is 10. The van der Waals surface area contributed by atoms with E-state index in [1.165, 1.54) is 33.3 Å². The minimum Gasteiger partial charge on any atom is -0.463 e. The zero-order valence-electron chi connectivity index (χ0n) is 21.2. The van der Waals surface area contributed by atoms with Gasteiger partial charge in [0.25, 0.3) is 0 Å².